The van der Waals surface area contributed by atoms with Crippen molar-refractivity contribution in [3.8, 4) is 0 Å². The van der Waals surface area contributed by atoms with Crippen molar-refractivity contribution in [1.82, 2.24) is 0 Å². The predicted molar refractivity (Wildman–Crippen MR) is 59.2 cm³/mol. The van der Waals surface area contributed by atoms with E-state index in [2.05, 4.69) is 15.9 Å². The Hall–Kier alpha value is 0.240. The lowest BCUT2D eigenvalue weighted by Crippen LogP contribution is -2.01. The minimum atomic E-state index is -0.235. The van der Waals surface area contributed by atoms with Gasteiger partial charge >= 0.3 is 0 Å². The van der Waals surface area contributed by atoms with Gasteiger partial charge in [-0.15, -0.1) is 11.6 Å². The topological polar surface area (TPSA) is 17.1 Å². The molecule has 0 spiro atoms. The van der Waals surface area contributed by atoms with E-state index in [0.717, 1.165) is 0 Å². The molecule has 5 heteroatoms. The van der Waals surface area contributed by atoms with Crippen LogP contribution in [-0.2, 0) is 0 Å². The normalized spacial score (nSPS) is 10.2. The fourth-order valence-electron chi connectivity index (χ4n) is 0.813. The van der Waals surface area contributed by atoms with Gasteiger partial charge in [0, 0.05) is 10.0 Å². The Kier molecular flexibility index (Phi) is 4.05. The van der Waals surface area contributed by atoms with Crippen LogP contribution >= 0.6 is 50.7 Å². The van der Waals surface area contributed by atoms with Gasteiger partial charge in [-0.25, -0.2) is 0 Å². The minimum Gasteiger partial charge on any atom is -0.293 e. The largest absolute Gasteiger partial charge is 0.293 e. The summed E-state index contributed by atoms with van der Waals surface area (Å²) < 4.78 is 0.658. The van der Waals surface area contributed by atoms with Crippen LogP contribution in [0, 0.1) is 0 Å². The summed E-state index contributed by atoms with van der Waals surface area (Å²) in [5.41, 5.74) is 0.352. The van der Waals surface area contributed by atoms with Crippen LogP contribution in [0.1, 0.15) is 10.4 Å². The molecule has 0 radical (unpaired) electrons. The molecule has 1 rings (SSSR count). The Morgan fingerprint density at radius 3 is 2.46 bits per heavy atom. The van der Waals surface area contributed by atoms with Gasteiger partial charge < -0.3 is 0 Å². The number of alkyl halides is 1. The summed E-state index contributed by atoms with van der Waals surface area (Å²) in [5.74, 6) is -0.335. The first-order valence-electron chi connectivity index (χ1n) is 3.30. The predicted octanol–water partition coefficient (Wildman–Crippen LogP) is 4.18. The van der Waals surface area contributed by atoms with E-state index in [1.165, 1.54) is 0 Å². The summed E-state index contributed by atoms with van der Waals surface area (Å²) in [4.78, 5) is 11.2. The van der Waals surface area contributed by atoms with Gasteiger partial charge in [-0.3, -0.25) is 4.79 Å². The first-order valence-corrected chi connectivity index (χ1v) is 5.39. The zero-order chi connectivity index (χ0) is 10.0. The second kappa shape index (κ2) is 4.65. The lowest BCUT2D eigenvalue weighted by atomic mass is 10.1. The molecule has 0 amide bonds. The van der Waals surface area contributed by atoms with E-state index < -0.39 is 0 Å². The summed E-state index contributed by atoms with van der Waals surface area (Å²) in [6.45, 7) is 0. The van der Waals surface area contributed by atoms with Crippen molar-refractivity contribution in [2.45, 2.75) is 0 Å². The van der Waals surface area contributed by atoms with Crippen LogP contribution in [0.25, 0.3) is 0 Å². The summed E-state index contributed by atoms with van der Waals surface area (Å²) in [7, 11) is 0. The van der Waals surface area contributed by atoms with Crippen molar-refractivity contribution >= 4 is 56.5 Å². The van der Waals surface area contributed by atoms with Crippen molar-refractivity contribution in [3.05, 3.63) is 32.2 Å². The number of halogens is 4. The Bertz CT molecular complexity index is 351. The Balaban J connectivity index is 3.26. The highest BCUT2D eigenvalue weighted by molar-refractivity contribution is 9.10. The second-order valence-corrected chi connectivity index (χ2v) is 4.16. The van der Waals surface area contributed by atoms with Gasteiger partial charge in [0.2, 0.25) is 0 Å². The van der Waals surface area contributed by atoms with E-state index in [4.69, 9.17) is 34.8 Å². The van der Waals surface area contributed by atoms with E-state index in [9.17, 15) is 4.79 Å². The maximum absolute atomic E-state index is 11.2. The van der Waals surface area contributed by atoms with Gasteiger partial charge in [0.25, 0.3) is 0 Å². The number of hydrogen-bond acceptors (Lipinski definition) is 1. The molecule has 0 heterocycles. The Morgan fingerprint density at radius 2 is 1.92 bits per heavy atom. The van der Waals surface area contributed by atoms with E-state index in [1.807, 2.05) is 0 Å². The SMILES string of the molecule is O=C(CCl)c1ccc(Br)c(Cl)c1Cl. The molecular weight excluding hydrogens is 298 g/mol. The molecule has 0 saturated heterocycles. The van der Waals surface area contributed by atoms with Crippen LogP contribution in [0.15, 0.2) is 16.6 Å². The van der Waals surface area contributed by atoms with E-state index in [0.29, 0.717) is 15.1 Å². The molecule has 0 aliphatic rings. The van der Waals surface area contributed by atoms with E-state index in [-0.39, 0.29) is 16.7 Å². The van der Waals surface area contributed by atoms with Crippen molar-refractivity contribution in [1.29, 1.82) is 0 Å². The standard InChI is InChI=1S/C8H4BrCl3O/c9-5-2-1-4(6(13)3-10)7(11)8(5)12/h1-2H,3H2. The number of hydrogen-bond donors (Lipinski definition) is 0. The Labute approximate surface area is 99.1 Å². The van der Waals surface area contributed by atoms with Crippen LogP contribution in [0.5, 0.6) is 0 Å². The molecule has 1 nitrogen and oxygen atoms in total. The Morgan fingerprint density at radius 1 is 1.31 bits per heavy atom. The fraction of sp³-hybridized carbons (Fsp3) is 0.125. The van der Waals surface area contributed by atoms with Gasteiger partial charge in [0.1, 0.15) is 0 Å². The second-order valence-electron chi connectivity index (χ2n) is 2.28. The number of carbonyl (C=O) groups excluding carboxylic acids is 1. The molecule has 0 aromatic heterocycles. The van der Waals surface area contributed by atoms with Gasteiger partial charge in [0.15, 0.2) is 5.78 Å². The quantitative estimate of drug-likeness (QED) is 0.455. The average molecular weight is 302 g/mol. The first-order chi connectivity index (χ1) is 6.07. The number of rotatable bonds is 2. The number of benzene rings is 1. The monoisotopic (exact) mass is 300 g/mol. The third kappa shape index (κ3) is 2.38. The maximum Gasteiger partial charge on any atom is 0.179 e. The molecule has 0 aliphatic heterocycles. The summed E-state index contributed by atoms with van der Waals surface area (Å²) in [5, 5.41) is 0.569. The van der Waals surface area contributed by atoms with E-state index >= 15 is 0 Å². The fourth-order valence-corrected chi connectivity index (χ4v) is 1.84. The molecule has 0 bridgehead atoms. The highest BCUT2D eigenvalue weighted by Crippen LogP contribution is 2.33. The molecule has 1 aromatic rings. The molecule has 0 N–H and O–H groups in total. The average Bonchev–Trinajstić information content (AvgIpc) is 2.13. The summed E-state index contributed by atoms with van der Waals surface area (Å²) in [6, 6.07) is 3.25. The van der Waals surface area contributed by atoms with Gasteiger partial charge in [-0.05, 0) is 28.1 Å². The molecule has 0 saturated carbocycles. The van der Waals surface area contributed by atoms with Crippen molar-refractivity contribution < 1.29 is 4.79 Å². The number of carbonyl (C=O) groups is 1. The lowest BCUT2D eigenvalue weighted by molar-refractivity contribution is 0.102. The highest BCUT2D eigenvalue weighted by atomic mass is 79.9. The third-order valence-corrected chi connectivity index (χ3v) is 3.47. The maximum atomic E-state index is 11.2. The summed E-state index contributed by atoms with van der Waals surface area (Å²) >= 11 is 20.2. The van der Waals surface area contributed by atoms with Crippen LogP contribution in [0.3, 0.4) is 0 Å². The smallest absolute Gasteiger partial charge is 0.179 e. The zero-order valence-electron chi connectivity index (χ0n) is 6.28. The molecule has 0 fully saturated rings. The van der Waals surface area contributed by atoms with Crippen LogP contribution in [0.4, 0.5) is 0 Å². The number of ketones is 1. The lowest BCUT2D eigenvalue weighted by Gasteiger charge is -2.04. The van der Waals surface area contributed by atoms with Gasteiger partial charge in [0.05, 0.1) is 15.9 Å². The van der Waals surface area contributed by atoms with Crippen LogP contribution in [0.2, 0.25) is 10.0 Å². The highest BCUT2D eigenvalue weighted by Gasteiger charge is 2.13. The van der Waals surface area contributed by atoms with Crippen LogP contribution < -0.4 is 0 Å². The van der Waals surface area contributed by atoms with Crippen molar-refractivity contribution in [2.24, 2.45) is 0 Å². The molecule has 1 aromatic carbocycles. The summed E-state index contributed by atoms with van der Waals surface area (Å²) in [6.07, 6.45) is 0. The molecule has 70 valence electrons. The molecule has 13 heavy (non-hydrogen) atoms. The molecule has 0 aliphatic carbocycles. The van der Waals surface area contributed by atoms with Crippen LogP contribution in [-0.4, -0.2) is 11.7 Å². The minimum absolute atomic E-state index is 0.0995. The third-order valence-electron chi connectivity index (χ3n) is 1.46. The van der Waals surface area contributed by atoms with E-state index in [1.54, 1.807) is 12.1 Å². The number of Topliss-reactive ketones (excluding diaryl/α,β-unsaturated/α-hetero) is 1. The molecule has 0 atom stereocenters. The van der Waals surface area contributed by atoms with Gasteiger partial charge in [-0.2, -0.15) is 0 Å². The van der Waals surface area contributed by atoms with Crippen molar-refractivity contribution in [2.75, 3.05) is 5.88 Å². The molecule has 0 unspecified atom stereocenters. The van der Waals surface area contributed by atoms with Crippen molar-refractivity contribution in [3.63, 3.8) is 0 Å². The molecular formula is C8H4BrCl3O. The first kappa shape index (κ1) is 11.3. The van der Waals surface area contributed by atoms with Gasteiger partial charge in [-0.1, -0.05) is 23.2 Å². The zero-order valence-corrected chi connectivity index (χ0v) is 10.1.